The molecule has 2 aliphatic rings. The lowest BCUT2D eigenvalue weighted by molar-refractivity contribution is -0.155. The van der Waals surface area contributed by atoms with Crippen LogP contribution in [0.15, 0.2) is 72.8 Å². The van der Waals surface area contributed by atoms with Gasteiger partial charge in [-0.2, -0.15) is 0 Å². The Balaban J connectivity index is 1.31. The number of hydrogen-bond acceptors (Lipinski definition) is 12. The number of cyclic esters (lactones) is 1. The van der Waals surface area contributed by atoms with E-state index in [9.17, 15) is 29.1 Å². The van der Waals surface area contributed by atoms with Gasteiger partial charge in [0, 0.05) is 67.1 Å². The number of phenols is 1. The summed E-state index contributed by atoms with van der Waals surface area (Å²) < 4.78 is 14.2. The molecule has 17 heteroatoms. The van der Waals surface area contributed by atoms with E-state index in [2.05, 4.69) is 71.2 Å². The molecule has 0 saturated carbocycles. The number of rotatable bonds is 11. The van der Waals surface area contributed by atoms with Gasteiger partial charge in [-0.05, 0) is 104 Å². The van der Waals surface area contributed by atoms with Gasteiger partial charge in [-0.25, -0.2) is 10.4 Å². The molecule has 0 spiro atoms. The fraction of sp³-hybridized carbons (Fsp3) is 0.420. The third-order valence-corrected chi connectivity index (χ3v) is 13.3. The highest BCUT2D eigenvalue weighted by Crippen LogP contribution is 2.42. The topological polar surface area (TPSA) is 197 Å². The standard InChI is InChI=1S/C50H60N8O8S/c1-10-41(60)53-40-26-67-46(54-40)48(63)56(8)43(28(3)4)45(61)52-38-22-30-20-32(23-33(59)21-30)31-16-17-39-35(24-31)36(44(57(39)11-2)34-14-12-18-51-42(34)29(5)65-9)25-50(6,7)27-66-49(64)37-15-13-19-58(55-37)47(38)62/h10,12,14,16-18,20-21,23-24,26,28-29,37-38,43,55,59H,1,11,13,15,19,22,25,27H2,2-9H3,(H,52,61)(H,53,60)/t29-,37-,38-,43?/m0/s1. The lowest BCUT2D eigenvalue weighted by Crippen LogP contribution is -2.62. The molecule has 2 aromatic carbocycles. The maximum absolute atomic E-state index is 14.7. The summed E-state index contributed by atoms with van der Waals surface area (Å²) in [5, 5.41) is 20.7. The second-order valence-electron chi connectivity index (χ2n) is 18.4. The van der Waals surface area contributed by atoms with Gasteiger partial charge in [0.05, 0.1) is 24.1 Å². The predicted octanol–water partition coefficient (Wildman–Crippen LogP) is 6.83. The number of hydrazine groups is 1. The lowest BCUT2D eigenvalue weighted by atomic mass is 9.84. The number of nitrogens with one attached hydrogen (secondary N) is 3. The van der Waals surface area contributed by atoms with Crippen molar-refractivity contribution >= 4 is 57.7 Å². The van der Waals surface area contributed by atoms with E-state index in [1.54, 1.807) is 39.3 Å². The molecule has 6 bridgehead atoms. The van der Waals surface area contributed by atoms with Crippen molar-refractivity contribution in [1.82, 2.24) is 35.2 Å². The minimum Gasteiger partial charge on any atom is -0.508 e. The van der Waals surface area contributed by atoms with Crippen molar-refractivity contribution in [3.8, 4) is 28.1 Å². The van der Waals surface area contributed by atoms with Gasteiger partial charge in [0.1, 0.15) is 29.7 Å². The summed E-state index contributed by atoms with van der Waals surface area (Å²) in [6.45, 7) is 16.2. The molecule has 5 aromatic rings. The second kappa shape index (κ2) is 20.2. The number of benzene rings is 2. The number of ether oxygens (including phenoxy) is 2. The lowest BCUT2D eigenvalue weighted by Gasteiger charge is -2.36. The first-order valence-electron chi connectivity index (χ1n) is 22.6. The molecular weight excluding hydrogens is 873 g/mol. The molecule has 1 unspecified atom stereocenters. The molecule has 16 nitrogen and oxygen atoms in total. The SMILES string of the molecule is C=CC(=O)Nc1csc(C(=O)N(C)C(C(=O)N[C@H]2Cc3cc(O)cc(c3)-c3ccc4c(c3)c(c(-c3cccnc3[C@H](C)OC)n4CC)CC(C)(C)COC(=O)[C@@H]3CCCN(N3)C2=O)C(C)C)n1. The first kappa shape index (κ1) is 48.5. The highest BCUT2D eigenvalue weighted by Gasteiger charge is 2.38. The molecule has 67 heavy (non-hydrogen) atoms. The van der Waals surface area contributed by atoms with Gasteiger partial charge in [-0.15, -0.1) is 11.3 Å². The highest BCUT2D eigenvalue weighted by molar-refractivity contribution is 7.12. The average molecular weight is 933 g/mol. The molecule has 4 atom stereocenters. The van der Waals surface area contributed by atoms with Crippen LogP contribution in [0.4, 0.5) is 5.82 Å². The number of methoxy groups -OCH3 is 1. The maximum atomic E-state index is 14.7. The number of aromatic hydroxyl groups is 1. The first-order chi connectivity index (χ1) is 31.9. The molecule has 354 valence electrons. The Morgan fingerprint density at radius 2 is 1.91 bits per heavy atom. The number of anilines is 1. The quantitative estimate of drug-likeness (QED) is 0.0801. The smallest absolute Gasteiger partial charge is 0.324 e. The highest BCUT2D eigenvalue weighted by atomic mass is 32.1. The number of pyridine rings is 1. The van der Waals surface area contributed by atoms with Crippen LogP contribution in [0.1, 0.15) is 87.1 Å². The zero-order valence-corrected chi connectivity index (χ0v) is 40.2. The van der Waals surface area contributed by atoms with Gasteiger partial charge >= 0.3 is 5.97 Å². The number of likely N-dealkylation sites (N-methyl/N-ethyl adjacent to an activating group) is 1. The van der Waals surface area contributed by atoms with Crippen molar-refractivity contribution in [2.24, 2.45) is 11.3 Å². The van der Waals surface area contributed by atoms with E-state index >= 15 is 0 Å². The number of carbonyl (C=O) groups excluding carboxylic acids is 5. The van der Waals surface area contributed by atoms with Gasteiger partial charge in [0.25, 0.3) is 11.8 Å². The molecule has 4 amide bonds. The van der Waals surface area contributed by atoms with Gasteiger partial charge in [-0.1, -0.05) is 46.4 Å². The molecule has 3 aromatic heterocycles. The molecule has 1 saturated heterocycles. The number of hydrogen-bond donors (Lipinski definition) is 4. The monoisotopic (exact) mass is 932 g/mol. The number of nitrogens with zero attached hydrogens (tertiary/aromatic N) is 5. The fourth-order valence-corrected chi connectivity index (χ4v) is 9.86. The molecule has 7 rings (SSSR count). The molecular formula is C50H60N8O8S. The summed E-state index contributed by atoms with van der Waals surface area (Å²) in [7, 11) is 3.15. The van der Waals surface area contributed by atoms with Crippen LogP contribution < -0.4 is 16.1 Å². The van der Waals surface area contributed by atoms with Gasteiger partial charge < -0.3 is 34.7 Å². The Morgan fingerprint density at radius 3 is 2.63 bits per heavy atom. The van der Waals surface area contributed by atoms with Crippen LogP contribution in [-0.2, 0) is 48.0 Å². The number of aromatic nitrogens is 3. The number of phenolic OH excluding ortho intramolecular Hbond substituents is 1. The van der Waals surface area contributed by atoms with Crippen LogP contribution in [0.3, 0.4) is 0 Å². The summed E-state index contributed by atoms with van der Waals surface area (Å²) in [5.74, 6) is -2.91. The summed E-state index contributed by atoms with van der Waals surface area (Å²) in [5.41, 5.74) is 9.39. The van der Waals surface area contributed by atoms with Crippen molar-refractivity contribution in [3.63, 3.8) is 0 Å². The largest absolute Gasteiger partial charge is 0.508 e. The number of carbonyl (C=O) groups is 5. The number of esters is 1. The van der Waals surface area contributed by atoms with Crippen molar-refractivity contribution in [3.05, 3.63) is 94.6 Å². The van der Waals surface area contributed by atoms with Crippen LogP contribution in [0, 0.1) is 11.3 Å². The number of thiazole rings is 1. The first-order valence-corrected chi connectivity index (χ1v) is 23.5. The van der Waals surface area contributed by atoms with E-state index in [-0.39, 0.29) is 42.3 Å². The average Bonchev–Trinajstić information content (AvgIpc) is 3.90. The molecule has 0 radical (unpaired) electrons. The van der Waals surface area contributed by atoms with Gasteiger partial charge in [0.2, 0.25) is 11.8 Å². The summed E-state index contributed by atoms with van der Waals surface area (Å²) in [6, 6.07) is 12.2. The van der Waals surface area contributed by atoms with Gasteiger partial charge in [0.15, 0.2) is 5.01 Å². The Kier molecular flexibility index (Phi) is 14.6. The van der Waals surface area contributed by atoms with Crippen LogP contribution in [0.25, 0.3) is 33.3 Å². The summed E-state index contributed by atoms with van der Waals surface area (Å²) in [6.07, 6.45) is 3.97. The van der Waals surface area contributed by atoms with Crippen molar-refractivity contribution < 1.29 is 38.6 Å². The van der Waals surface area contributed by atoms with Crippen molar-refractivity contribution in [1.29, 1.82) is 0 Å². The molecule has 4 N–H and O–H groups in total. The zero-order valence-electron chi connectivity index (χ0n) is 39.3. The summed E-state index contributed by atoms with van der Waals surface area (Å²) >= 11 is 1.01. The predicted molar refractivity (Wildman–Crippen MR) is 257 cm³/mol. The van der Waals surface area contributed by atoms with E-state index in [1.807, 2.05) is 25.1 Å². The van der Waals surface area contributed by atoms with Crippen LogP contribution in [0.2, 0.25) is 0 Å². The van der Waals surface area contributed by atoms with Crippen LogP contribution in [-0.4, -0.2) is 105 Å². The molecule has 0 aliphatic carbocycles. The molecule has 5 heterocycles. The van der Waals surface area contributed by atoms with Crippen molar-refractivity contribution in [2.45, 2.75) is 98.0 Å². The number of fused-ring (bicyclic) bond motifs is 6. The Labute approximate surface area is 394 Å². The van der Waals surface area contributed by atoms with E-state index in [0.29, 0.717) is 36.9 Å². The van der Waals surface area contributed by atoms with Gasteiger partial charge in [-0.3, -0.25) is 34.0 Å². The second-order valence-corrected chi connectivity index (χ2v) is 19.2. The Hall–Kier alpha value is -6.43. The summed E-state index contributed by atoms with van der Waals surface area (Å²) in [4.78, 5) is 79.1. The van der Waals surface area contributed by atoms with Crippen LogP contribution in [0.5, 0.6) is 5.75 Å². The molecule has 1 fully saturated rings. The Bertz CT molecular complexity index is 2710. The normalized spacial score (nSPS) is 18.4. The van der Waals surface area contributed by atoms with E-state index < -0.39 is 59.1 Å². The number of aryl methyl sites for hydroxylation is 1. The third-order valence-electron chi connectivity index (χ3n) is 12.4. The van der Waals surface area contributed by atoms with E-state index in [4.69, 9.17) is 14.5 Å². The maximum Gasteiger partial charge on any atom is 0.324 e. The zero-order chi connectivity index (χ0) is 48.3. The van der Waals surface area contributed by atoms with Crippen molar-refractivity contribution in [2.75, 3.05) is 32.6 Å². The minimum atomic E-state index is -1.20. The fourth-order valence-electron chi connectivity index (χ4n) is 9.13. The van der Waals surface area contributed by atoms with E-state index in [0.717, 1.165) is 56.4 Å². The number of amides is 4. The van der Waals surface area contributed by atoms with E-state index in [1.165, 1.54) is 22.3 Å². The Morgan fingerprint density at radius 1 is 1.13 bits per heavy atom. The third kappa shape index (κ3) is 10.4. The molecule has 2 aliphatic heterocycles. The minimum absolute atomic E-state index is 0.0300. The van der Waals surface area contributed by atoms with Crippen LogP contribution >= 0.6 is 11.3 Å².